The fraction of sp³-hybridized carbons (Fsp3) is 0.0800. The lowest BCUT2D eigenvalue weighted by atomic mass is 10.0. The normalized spacial score (nSPS) is 11.9. The van der Waals surface area contributed by atoms with Crippen molar-refractivity contribution in [2.75, 3.05) is 12.4 Å². The van der Waals surface area contributed by atoms with Crippen molar-refractivity contribution in [2.45, 2.75) is 6.92 Å². The SMILES string of the molecule is COc1ccc2c3c(Nc4cccc(/C(C)=N\O)c4)[nH]c4ccccc4c-3c(N=O)c2c1. The number of pyridine rings is 1. The van der Waals surface area contributed by atoms with Crippen molar-refractivity contribution < 1.29 is 9.94 Å². The first-order valence-electron chi connectivity index (χ1n) is 10.1. The van der Waals surface area contributed by atoms with Gasteiger partial charge in [0.2, 0.25) is 0 Å². The summed E-state index contributed by atoms with van der Waals surface area (Å²) in [5, 5.41) is 21.8. The van der Waals surface area contributed by atoms with Crippen molar-refractivity contribution in [3.63, 3.8) is 0 Å². The van der Waals surface area contributed by atoms with Crippen LogP contribution in [0.5, 0.6) is 5.75 Å². The van der Waals surface area contributed by atoms with Gasteiger partial charge >= 0.3 is 0 Å². The second-order valence-electron chi connectivity index (χ2n) is 7.54. The summed E-state index contributed by atoms with van der Waals surface area (Å²) in [4.78, 5) is 15.5. The van der Waals surface area contributed by atoms with Gasteiger partial charge in [0.15, 0.2) is 0 Å². The lowest BCUT2D eigenvalue weighted by Crippen LogP contribution is -2.00. The summed E-state index contributed by atoms with van der Waals surface area (Å²) < 4.78 is 5.38. The first kappa shape index (κ1) is 19.6. The van der Waals surface area contributed by atoms with E-state index in [1.807, 2.05) is 66.7 Å². The average Bonchev–Trinajstić information content (AvgIpc) is 3.17. The number of benzene rings is 3. The van der Waals surface area contributed by atoms with Crippen molar-refractivity contribution >= 4 is 44.6 Å². The third-order valence-corrected chi connectivity index (χ3v) is 5.74. The van der Waals surface area contributed by atoms with Crippen LogP contribution in [0.2, 0.25) is 0 Å². The van der Waals surface area contributed by atoms with E-state index in [0.717, 1.165) is 49.9 Å². The number of H-pyrrole nitrogens is 1. The molecule has 3 N–H and O–H groups in total. The van der Waals surface area contributed by atoms with E-state index in [2.05, 4.69) is 20.6 Å². The number of nitrogens with one attached hydrogen (secondary N) is 2. The van der Waals surface area contributed by atoms with Gasteiger partial charge in [-0.25, -0.2) is 0 Å². The molecule has 0 amide bonds. The maximum Gasteiger partial charge on any atom is 0.124 e. The number of rotatable bonds is 5. The average molecular weight is 424 g/mol. The van der Waals surface area contributed by atoms with Crippen LogP contribution in [0.25, 0.3) is 32.8 Å². The Morgan fingerprint density at radius 2 is 1.81 bits per heavy atom. The van der Waals surface area contributed by atoms with E-state index >= 15 is 0 Å². The zero-order valence-corrected chi connectivity index (χ0v) is 17.5. The molecule has 0 radical (unpaired) electrons. The van der Waals surface area contributed by atoms with Crippen molar-refractivity contribution in [3.05, 3.63) is 77.2 Å². The van der Waals surface area contributed by atoms with Gasteiger partial charge in [-0.3, -0.25) is 0 Å². The molecule has 7 heteroatoms. The van der Waals surface area contributed by atoms with Crippen molar-refractivity contribution in [1.82, 2.24) is 4.98 Å². The van der Waals surface area contributed by atoms with Crippen molar-refractivity contribution in [2.24, 2.45) is 10.3 Å². The number of hydrogen-bond acceptors (Lipinski definition) is 6. The van der Waals surface area contributed by atoms with Crippen LogP contribution in [0.3, 0.4) is 0 Å². The zero-order chi connectivity index (χ0) is 22.2. The minimum atomic E-state index is 0.388. The molecule has 0 fully saturated rings. The Morgan fingerprint density at radius 1 is 0.969 bits per heavy atom. The third-order valence-electron chi connectivity index (χ3n) is 5.74. The van der Waals surface area contributed by atoms with Gasteiger partial charge < -0.3 is 20.2 Å². The molecular formula is C25H20N4O3. The number of oxime groups is 1. The van der Waals surface area contributed by atoms with E-state index in [1.54, 1.807) is 14.0 Å². The summed E-state index contributed by atoms with van der Waals surface area (Å²) in [6.07, 6.45) is 0. The topological polar surface area (TPSA) is 99.1 Å². The van der Waals surface area contributed by atoms with E-state index in [9.17, 15) is 4.91 Å². The lowest BCUT2D eigenvalue weighted by molar-refractivity contribution is 0.319. The van der Waals surface area contributed by atoms with Crippen LogP contribution in [0.15, 0.2) is 77.1 Å². The third kappa shape index (κ3) is 3.02. The monoisotopic (exact) mass is 424 g/mol. The van der Waals surface area contributed by atoms with Crippen LogP contribution in [-0.4, -0.2) is 23.0 Å². The minimum absolute atomic E-state index is 0.388. The molecule has 0 atom stereocenters. The van der Waals surface area contributed by atoms with E-state index in [4.69, 9.17) is 9.94 Å². The Kier molecular flexibility index (Phi) is 4.71. The number of fused-ring (bicyclic) bond motifs is 5. The predicted octanol–water partition coefficient (Wildman–Crippen LogP) is 6.77. The zero-order valence-electron chi connectivity index (χ0n) is 17.5. The Labute approximate surface area is 183 Å². The number of nitroso groups, excluding NO2 is 1. The molecule has 0 bridgehead atoms. The molecule has 0 unspecified atom stereocenters. The van der Waals surface area contributed by atoms with Crippen LogP contribution in [0.4, 0.5) is 17.2 Å². The quantitative estimate of drug-likeness (QED) is 0.125. The van der Waals surface area contributed by atoms with Gasteiger partial charge in [-0.05, 0) is 53.9 Å². The highest BCUT2D eigenvalue weighted by atomic mass is 16.5. The number of aromatic nitrogens is 1. The number of nitrogens with zero attached hydrogens (tertiary/aromatic N) is 2. The molecule has 158 valence electrons. The number of aromatic amines is 1. The molecule has 3 aromatic rings. The summed E-state index contributed by atoms with van der Waals surface area (Å²) in [5.41, 5.74) is 5.03. The molecule has 0 aromatic heterocycles. The van der Waals surface area contributed by atoms with Crippen molar-refractivity contribution in [1.29, 1.82) is 0 Å². The van der Waals surface area contributed by atoms with Crippen LogP contribution < -0.4 is 10.1 Å². The molecule has 7 nitrogen and oxygen atoms in total. The van der Waals surface area contributed by atoms with Gasteiger partial charge in [-0.15, -0.1) is 4.91 Å². The molecule has 1 aliphatic carbocycles. The van der Waals surface area contributed by atoms with E-state index in [1.165, 1.54) is 0 Å². The fourth-order valence-electron chi connectivity index (χ4n) is 4.19. The lowest BCUT2D eigenvalue weighted by Gasteiger charge is -2.16. The molecule has 0 saturated heterocycles. The Morgan fingerprint density at radius 3 is 2.59 bits per heavy atom. The summed E-state index contributed by atoms with van der Waals surface area (Å²) in [6.45, 7) is 1.74. The molecule has 32 heavy (non-hydrogen) atoms. The second-order valence-corrected chi connectivity index (χ2v) is 7.54. The number of para-hydroxylation sites is 1. The molecule has 1 aliphatic heterocycles. The van der Waals surface area contributed by atoms with Gasteiger partial charge in [0.25, 0.3) is 0 Å². The van der Waals surface area contributed by atoms with E-state index < -0.39 is 0 Å². The van der Waals surface area contributed by atoms with Gasteiger partial charge in [0.05, 0.1) is 12.8 Å². The summed E-state index contributed by atoms with van der Waals surface area (Å²) in [7, 11) is 1.60. The van der Waals surface area contributed by atoms with Crippen LogP contribution in [0.1, 0.15) is 12.5 Å². The smallest absolute Gasteiger partial charge is 0.124 e. The predicted molar refractivity (Wildman–Crippen MR) is 128 cm³/mol. The maximum atomic E-state index is 12.0. The van der Waals surface area contributed by atoms with E-state index in [-0.39, 0.29) is 0 Å². The standard InChI is InChI=1S/C25H20N4O3/c1-14(28-30)15-6-5-7-16(12-15)26-25-23-18-11-10-17(32-2)13-20(18)24(29-31)22(23)19-8-3-4-9-21(19)27-25/h3-13,26-27,30H,1-2H3/b28-14-. The first-order valence-corrected chi connectivity index (χ1v) is 10.1. The van der Waals surface area contributed by atoms with Gasteiger partial charge in [-0.1, -0.05) is 35.5 Å². The van der Waals surface area contributed by atoms with Crippen LogP contribution in [0, 0.1) is 4.91 Å². The summed E-state index contributed by atoms with van der Waals surface area (Å²) >= 11 is 0. The highest BCUT2D eigenvalue weighted by Crippen LogP contribution is 2.51. The van der Waals surface area contributed by atoms with Gasteiger partial charge in [0.1, 0.15) is 17.3 Å². The minimum Gasteiger partial charge on any atom is -0.497 e. The molecule has 2 aliphatic rings. The summed E-state index contributed by atoms with van der Waals surface area (Å²) in [6, 6.07) is 21.1. The fourth-order valence-corrected chi connectivity index (χ4v) is 4.19. The van der Waals surface area contributed by atoms with Gasteiger partial charge in [0, 0.05) is 38.7 Å². The Bertz CT molecular complexity index is 1490. The molecule has 5 rings (SSSR count). The van der Waals surface area contributed by atoms with Crippen LogP contribution >= 0.6 is 0 Å². The number of hydrogen-bond donors (Lipinski definition) is 3. The van der Waals surface area contributed by atoms with Crippen molar-refractivity contribution in [3.8, 4) is 16.9 Å². The second kappa shape index (κ2) is 7.70. The highest BCUT2D eigenvalue weighted by Gasteiger charge is 2.25. The number of methoxy groups -OCH3 is 1. The highest BCUT2D eigenvalue weighted by molar-refractivity contribution is 6.22. The maximum absolute atomic E-state index is 12.0. The van der Waals surface area contributed by atoms with E-state index in [0.29, 0.717) is 17.1 Å². The molecule has 0 saturated carbocycles. The molecular weight excluding hydrogens is 404 g/mol. The largest absolute Gasteiger partial charge is 0.497 e. The number of anilines is 2. The van der Waals surface area contributed by atoms with Crippen LogP contribution in [-0.2, 0) is 0 Å². The first-order chi connectivity index (χ1) is 15.6. The molecule has 0 spiro atoms. The Hall–Kier alpha value is -4.39. The van der Waals surface area contributed by atoms with Gasteiger partial charge in [-0.2, -0.15) is 0 Å². The Balaban J connectivity index is 1.81. The molecule has 3 aromatic carbocycles. The summed E-state index contributed by atoms with van der Waals surface area (Å²) in [5.74, 6) is 1.39. The molecule has 1 heterocycles. The number of ether oxygens (including phenoxy) is 1.